The van der Waals surface area contributed by atoms with E-state index in [0.29, 0.717) is 6.61 Å². The molecule has 2 aromatic carbocycles. The average molecular weight is 624 g/mol. The molecule has 6 heteroatoms. The van der Waals surface area contributed by atoms with Crippen molar-refractivity contribution in [2.75, 3.05) is 0 Å². The van der Waals surface area contributed by atoms with E-state index in [0.717, 1.165) is 47.4 Å². The Hall–Kier alpha value is -1.44. The van der Waals surface area contributed by atoms with Crippen molar-refractivity contribution in [1.29, 1.82) is 5.26 Å². The Labute approximate surface area is 202 Å². The van der Waals surface area contributed by atoms with Crippen LogP contribution in [0.1, 0.15) is 40.0 Å². The SMILES string of the molecule is N#Cc1c(N=Cc2cc(I)c(OCc3ccccc3)c(I)c2)sc2c1CCCC2. The van der Waals surface area contributed by atoms with Crippen LogP contribution in [0.2, 0.25) is 0 Å². The minimum Gasteiger partial charge on any atom is -0.487 e. The van der Waals surface area contributed by atoms with E-state index in [-0.39, 0.29) is 0 Å². The van der Waals surface area contributed by atoms with Crippen LogP contribution < -0.4 is 4.74 Å². The Kier molecular flexibility index (Phi) is 6.88. The van der Waals surface area contributed by atoms with Crippen molar-refractivity contribution in [3.8, 4) is 11.8 Å². The Morgan fingerprint density at radius 3 is 2.55 bits per heavy atom. The third-order valence-electron chi connectivity index (χ3n) is 4.84. The van der Waals surface area contributed by atoms with E-state index in [1.54, 1.807) is 11.3 Å². The number of aliphatic imine (C=N–C) groups is 1. The summed E-state index contributed by atoms with van der Waals surface area (Å²) in [5.74, 6) is 0.900. The molecule has 1 aliphatic carbocycles. The summed E-state index contributed by atoms with van der Waals surface area (Å²) in [6.45, 7) is 0.548. The number of rotatable bonds is 5. The molecule has 0 radical (unpaired) electrons. The Bertz CT molecular complexity index is 1080. The van der Waals surface area contributed by atoms with Crippen molar-refractivity contribution in [2.24, 2.45) is 4.99 Å². The average Bonchev–Trinajstić information content (AvgIpc) is 3.10. The smallest absolute Gasteiger partial charge is 0.146 e. The topological polar surface area (TPSA) is 45.4 Å². The van der Waals surface area contributed by atoms with Crippen LogP contribution in [0.3, 0.4) is 0 Å². The molecule has 29 heavy (non-hydrogen) atoms. The lowest BCUT2D eigenvalue weighted by Gasteiger charge is -2.11. The van der Waals surface area contributed by atoms with Crippen molar-refractivity contribution >= 4 is 67.7 Å². The van der Waals surface area contributed by atoms with E-state index < -0.39 is 0 Å². The number of hydrogen-bond donors (Lipinski definition) is 0. The highest BCUT2D eigenvalue weighted by Crippen LogP contribution is 2.39. The zero-order valence-electron chi connectivity index (χ0n) is 15.6. The molecule has 146 valence electrons. The van der Waals surface area contributed by atoms with Crippen molar-refractivity contribution in [3.63, 3.8) is 0 Å². The van der Waals surface area contributed by atoms with Crippen LogP contribution in [0.15, 0.2) is 47.5 Å². The summed E-state index contributed by atoms with van der Waals surface area (Å²) in [4.78, 5) is 6.02. The van der Waals surface area contributed by atoms with Crippen LogP contribution in [0.5, 0.6) is 5.75 Å². The van der Waals surface area contributed by atoms with Gasteiger partial charge >= 0.3 is 0 Å². The van der Waals surface area contributed by atoms with Crippen molar-refractivity contribution in [2.45, 2.75) is 32.3 Å². The summed E-state index contributed by atoms with van der Waals surface area (Å²) in [6, 6.07) is 16.7. The highest BCUT2D eigenvalue weighted by atomic mass is 127. The molecule has 0 amide bonds. The number of thiophene rings is 1. The molecular formula is C23H18I2N2OS. The zero-order chi connectivity index (χ0) is 20.2. The van der Waals surface area contributed by atoms with Gasteiger partial charge in [-0.25, -0.2) is 4.99 Å². The number of benzene rings is 2. The summed E-state index contributed by atoms with van der Waals surface area (Å²) in [5, 5.41) is 10.4. The molecule has 0 N–H and O–H groups in total. The number of fused-ring (bicyclic) bond motifs is 1. The molecule has 0 saturated heterocycles. The first-order valence-corrected chi connectivity index (χ1v) is 12.4. The number of aryl methyl sites for hydroxylation is 1. The molecule has 0 atom stereocenters. The number of nitriles is 1. The molecule has 0 fully saturated rings. The van der Waals surface area contributed by atoms with E-state index in [2.05, 4.69) is 80.5 Å². The van der Waals surface area contributed by atoms with Gasteiger partial charge in [-0.05, 0) is 99.7 Å². The second kappa shape index (κ2) is 9.58. The molecule has 0 unspecified atom stereocenters. The van der Waals surface area contributed by atoms with Gasteiger partial charge in [0.15, 0.2) is 0 Å². The maximum absolute atomic E-state index is 9.60. The zero-order valence-corrected chi connectivity index (χ0v) is 20.8. The number of halogens is 2. The molecule has 1 aliphatic rings. The second-order valence-corrected chi connectivity index (χ2v) is 10.3. The molecule has 0 saturated carbocycles. The Morgan fingerprint density at radius 1 is 1.10 bits per heavy atom. The Morgan fingerprint density at radius 2 is 1.83 bits per heavy atom. The molecule has 1 heterocycles. The van der Waals surface area contributed by atoms with Crippen molar-refractivity contribution in [3.05, 3.63) is 76.7 Å². The Balaban J connectivity index is 1.54. The van der Waals surface area contributed by atoms with Gasteiger partial charge in [-0.15, -0.1) is 11.3 Å². The summed E-state index contributed by atoms with van der Waals surface area (Å²) in [7, 11) is 0. The van der Waals surface area contributed by atoms with E-state index in [4.69, 9.17) is 4.74 Å². The van der Waals surface area contributed by atoms with E-state index in [1.807, 2.05) is 24.4 Å². The lowest BCUT2D eigenvalue weighted by molar-refractivity contribution is 0.302. The lowest BCUT2D eigenvalue weighted by Crippen LogP contribution is -2.00. The van der Waals surface area contributed by atoms with Gasteiger partial charge in [0.1, 0.15) is 23.4 Å². The van der Waals surface area contributed by atoms with Crippen LogP contribution in [-0.2, 0) is 19.4 Å². The highest BCUT2D eigenvalue weighted by molar-refractivity contribution is 14.1. The fraction of sp³-hybridized carbons (Fsp3) is 0.217. The first-order chi connectivity index (χ1) is 14.2. The van der Waals surface area contributed by atoms with Gasteiger partial charge in [0.25, 0.3) is 0 Å². The molecule has 1 aromatic heterocycles. The summed E-state index contributed by atoms with van der Waals surface area (Å²) in [6.07, 6.45) is 6.33. The van der Waals surface area contributed by atoms with Gasteiger partial charge in [-0.3, -0.25) is 0 Å². The standard InChI is InChI=1S/C23H18I2N2OS/c24-19-10-16(11-20(25)22(19)28-14-15-6-2-1-3-7-15)13-27-23-18(12-26)17-8-4-5-9-21(17)29-23/h1-3,6-7,10-11,13H,4-5,8-9,14H2. The van der Waals surface area contributed by atoms with Crippen LogP contribution in [0, 0.1) is 18.5 Å². The van der Waals surface area contributed by atoms with Gasteiger partial charge in [-0.1, -0.05) is 30.3 Å². The predicted molar refractivity (Wildman–Crippen MR) is 136 cm³/mol. The van der Waals surface area contributed by atoms with Crippen LogP contribution in [0.25, 0.3) is 0 Å². The monoisotopic (exact) mass is 624 g/mol. The predicted octanol–water partition coefficient (Wildman–Crippen LogP) is 7.04. The van der Waals surface area contributed by atoms with Gasteiger partial charge in [-0.2, -0.15) is 5.26 Å². The summed E-state index contributed by atoms with van der Waals surface area (Å²) < 4.78 is 8.17. The fourth-order valence-corrected chi connectivity index (χ4v) is 6.72. The molecule has 0 aliphatic heterocycles. The number of ether oxygens (including phenoxy) is 1. The quantitative estimate of drug-likeness (QED) is 0.226. The van der Waals surface area contributed by atoms with E-state index in [9.17, 15) is 5.26 Å². The normalized spacial score (nSPS) is 13.3. The van der Waals surface area contributed by atoms with E-state index in [1.165, 1.54) is 23.3 Å². The van der Waals surface area contributed by atoms with E-state index >= 15 is 0 Å². The van der Waals surface area contributed by atoms with Gasteiger partial charge in [0, 0.05) is 11.1 Å². The largest absolute Gasteiger partial charge is 0.487 e. The second-order valence-electron chi connectivity index (χ2n) is 6.85. The summed E-state index contributed by atoms with van der Waals surface area (Å²) >= 11 is 6.30. The summed E-state index contributed by atoms with van der Waals surface area (Å²) in [5.41, 5.74) is 4.16. The van der Waals surface area contributed by atoms with Crippen LogP contribution in [-0.4, -0.2) is 6.21 Å². The third-order valence-corrected chi connectivity index (χ3v) is 7.64. The number of hydrogen-bond acceptors (Lipinski definition) is 4. The minimum absolute atomic E-state index is 0.548. The minimum atomic E-state index is 0.548. The third kappa shape index (κ3) is 4.84. The molecule has 3 aromatic rings. The van der Waals surface area contributed by atoms with Gasteiger partial charge in [0.05, 0.1) is 12.7 Å². The van der Waals surface area contributed by atoms with Crippen LogP contribution >= 0.6 is 56.5 Å². The van der Waals surface area contributed by atoms with Crippen molar-refractivity contribution < 1.29 is 4.74 Å². The highest BCUT2D eigenvalue weighted by Gasteiger charge is 2.20. The lowest BCUT2D eigenvalue weighted by atomic mass is 9.96. The van der Waals surface area contributed by atoms with Crippen molar-refractivity contribution in [1.82, 2.24) is 0 Å². The molecular weight excluding hydrogens is 606 g/mol. The van der Waals surface area contributed by atoms with Gasteiger partial charge in [0.2, 0.25) is 0 Å². The number of nitrogens with zero attached hydrogens (tertiary/aromatic N) is 2. The molecule has 4 rings (SSSR count). The maximum Gasteiger partial charge on any atom is 0.146 e. The van der Waals surface area contributed by atoms with Crippen LogP contribution in [0.4, 0.5) is 5.00 Å². The molecule has 3 nitrogen and oxygen atoms in total. The molecule has 0 bridgehead atoms. The van der Waals surface area contributed by atoms with Gasteiger partial charge < -0.3 is 4.74 Å². The maximum atomic E-state index is 9.60. The molecule has 0 spiro atoms. The first-order valence-electron chi connectivity index (χ1n) is 9.40. The fourth-order valence-electron chi connectivity index (χ4n) is 3.41. The first kappa shape index (κ1) is 20.8.